The van der Waals surface area contributed by atoms with Gasteiger partial charge in [-0.1, -0.05) is 12.1 Å². The van der Waals surface area contributed by atoms with Crippen LogP contribution in [0.5, 0.6) is 0 Å². The van der Waals surface area contributed by atoms with E-state index in [2.05, 4.69) is 15.3 Å². The number of ether oxygens (including phenoxy) is 2. The Morgan fingerprint density at radius 2 is 1.61 bits per heavy atom. The molecule has 2 aromatic rings. The van der Waals surface area contributed by atoms with Gasteiger partial charge in [-0.25, -0.2) is 4.79 Å². The number of aldehydes is 1. The molecule has 1 aromatic carbocycles. The summed E-state index contributed by atoms with van der Waals surface area (Å²) >= 11 is 0. The van der Waals surface area contributed by atoms with Gasteiger partial charge in [0.15, 0.2) is 0 Å². The third-order valence-corrected chi connectivity index (χ3v) is 5.89. The smallest absolute Gasteiger partial charge is 0.329 e. The molecule has 6 N–H and O–H groups in total. The normalized spacial score (nSPS) is 13.1. The SMILES string of the molecule is CC(C)(C)OC(=O)CC[C@H](NC(=O)c1ccc(C(CC=O)CCc2c(N)nc(N)[nH]c2=O)cc1)C(=O)OC(C)(C)C. The molecule has 41 heavy (non-hydrogen) atoms. The number of anilines is 2. The van der Waals surface area contributed by atoms with Gasteiger partial charge in [0.2, 0.25) is 5.95 Å². The average Bonchev–Trinajstić information content (AvgIpc) is 2.83. The number of hydrogen-bond acceptors (Lipinski definition) is 10. The molecule has 1 heterocycles. The minimum atomic E-state index is -1.08. The Hall–Kier alpha value is -4.22. The lowest BCUT2D eigenvalue weighted by molar-refractivity contribution is -0.158. The topological polar surface area (TPSA) is 197 Å². The van der Waals surface area contributed by atoms with E-state index < -0.39 is 40.6 Å². The zero-order valence-electron chi connectivity index (χ0n) is 24.5. The fourth-order valence-electron chi connectivity index (χ4n) is 4.06. The highest BCUT2D eigenvalue weighted by Gasteiger charge is 2.29. The number of rotatable bonds is 12. The van der Waals surface area contributed by atoms with Crippen molar-refractivity contribution in [2.45, 2.75) is 96.8 Å². The van der Waals surface area contributed by atoms with Crippen LogP contribution in [-0.4, -0.2) is 51.3 Å². The van der Waals surface area contributed by atoms with E-state index in [1.807, 2.05) is 0 Å². The number of aromatic nitrogens is 2. The maximum absolute atomic E-state index is 13.1. The van der Waals surface area contributed by atoms with Crippen molar-refractivity contribution < 1.29 is 28.7 Å². The number of esters is 2. The summed E-state index contributed by atoms with van der Waals surface area (Å²) in [6.45, 7) is 10.4. The molecule has 224 valence electrons. The standard InChI is InChI=1S/C29H41N5O7/c1-28(2,3)40-22(36)14-13-21(26(39)41-29(4,5)6)32-24(37)19-9-7-17(8-10-19)18(15-16-35)11-12-20-23(30)33-27(31)34-25(20)38/h7-10,16,18,21H,11-15H2,1-6H3,(H,32,37)(H5,30,31,33,34,38)/t18?,21-/m0/s1. The van der Waals surface area contributed by atoms with E-state index in [-0.39, 0.29) is 54.5 Å². The Morgan fingerprint density at radius 1 is 1.00 bits per heavy atom. The molecule has 0 bridgehead atoms. The second kappa shape index (κ2) is 13.9. The molecular weight excluding hydrogens is 530 g/mol. The average molecular weight is 572 g/mol. The van der Waals surface area contributed by atoms with Crippen LogP contribution in [0.1, 0.15) is 94.6 Å². The van der Waals surface area contributed by atoms with Crippen LogP contribution < -0.4 is 22.3 Å². The van der Waals surface area contributed by atoms with Crippen molar-refractivity contribution in [1.82, 2.24) is 15.3 Å². The van der Waals surface area contributed by atoms with Crippen LogP contribution >= 0.6 is 0 Å². The number of benzene rings is 1. The molecule has 2 atom stereocenters. The molecular formula is C29H41N5O7. The number of H-pyrrole nitrogens is 1. The summed E-state index contributed by atoms with van der Waals surface area (Å²) in [5.41, 5.74) is 10.8. The molecule has 0 aliphatic heterocycles. The number of nitrogens with zero attached hydrogens (tertiary/aromatic N) is 1. The van der Waals surface area contributed by atoms with E-state index in [0.29, 0.717) is 6.42 Å². The maximum atomic E-state index is 13.1. The fraction of sp³-hybridized carbons (Fsp3) is 0.517. The number of nitrogens with two attached hydrogens (primary N) is 2. The highest BCUT2D eigenvalue weighted by Crippen LogP contribution is 2.25. The van der Waals surface area contributed by atoms with Gasteiger partial charge in [0.25, 0.3) is 11.5 Å². The predicted molar refractivity (Wildman–Crippen MR) is 154 cm³/mol. The molecule has 12 nitrogen and oxygen atoms in total. The second-order valence-corrected chi connectivity index (χ2v) is 11.8. The molecule has 0 radical (unpaired) electrons. The lowest BCUT2D eigenvalue weighted by Crippen LogP contribution is -2.44. The van der Waals surface area contributed by atoms with Crippen LogP contribution in [0.4, 0.5) is 11.8 Å². The number of carbonyl (C=O) groups is 4. The lowest BCUT2D eigenvalue weighted by atomic mass is 9.89. The van der Waals surface area contributed by atoms with Crippen LogP contribution in [0.25, 0.3) is 0 Å². The van der Waals surface area contributed by atoms with Gasteiger partial charge < -0.3 is 31.1 Å². The van der Waals surface area contributed by atoms with Gasteiger partial charge in [-0.05, 0) is 84.4 Å². The zero-order chi connectivity index (χ0) is 31.0. The van der Waals surface area contributed by atoms with E-state index in [0.717, 1.165) is 11.8 Å². The summed E-state index contributed by atoms with van der Waals surface area (Å²) in [4.78, 5) is 68.0. The van der Waals surface area contributed by atoms with Crippen LogP contribution in [0, 0.1) is 0 Å². The van der Waals surface area contributed by atoms with Crippen molar-refractivity contribution in [1.29, 1.82) is 0 Å². The molecule has 0 spiro atoms. The third-order valence-electron chi connectivity index (χ3n) is 5.89. The van der Waals surface area contributed by atoms with Crippen LogP contribution in [0.3, 0.4) is 0 Å². The highest BCUT2D eigenvalue weighted by atomic mass is 16.6. The highest BCUT2D eigenvalue weighted by molar-refractivity contribution is 5.97. The van der Waals surface area contributed by atoms with Crippen molar-refractivity contribution >= 4 is 35.9 Å². The first kappa shape index (κ1) is 33.0. The Morgan fingerprint density at radius 3 is 2.15 bits per heavy atom. The summed E-state index contributed by atoms with van der Waals surface area (Å²) in [5.74, 6) is -1.98. The summed E-state index contributed by atoms with van der Waals surface area (Å²) < 4.78 is 10.8. The predicted octanol–water partition coefficient (Wildman–Crippen LogP) is 2.80. The molecule has 1 amide bonds. The van der Waals surface area contributed by atoms with Gasteiger partial charge in [0.1, 0.15) is 29.3 Å². The largest absolute Gasteiger partial charge is 0.460 e. The van der Waals surface area contributed by atoms with Crippen molar-refractivity contribution in [3.05, 3.63) is 51.3 Å². The first-order valence-corrected chi connectivity index (χ1v) is 13.4. The summed E-state index contributed by atoms with van der Waals surface area (Å²) in [7, 11) is 0. The van der Waals surface area contributed by atoms with Gasteiger partial charge in [-0.15, -0.1) is 0 Å². The summed E-state index contributed by atoms with van der Waals surface area (Å²) in [5, 5.41) is 2.66. The number of hydrogen-bond donors (Lipinski definition) is 4. The molecule has 12 heteroatoms. The fourth-order valence-corrected chi connectivity index (χ4v) is 4.06. The monoisotopic (exact) mass is 571 g/mol. The molecule has 1 unspecified atom stereocenters. The minimum absolute atomic E-state index is 0.00266. The Kier molecular flexibility index (Phi) is 11.2. The molecule has 0 fully saturated rings. The molecule has 0 aliphatic rings. The van der Waals surface area contributed by atoms with Gasteiger partial charge in [-0.3, -0.25) is 19.4 Å². The van der Waals surface area contributed by atoms with Crippen molar-refractivity contribution in [3.63, 3.8) is 0 Å². The molecule has 0 aliphatic carbocycles. The summed E-state index contributed by atoms with van der Waals surface area (Å²) in [6, 6.07) is 5.50. The van der Waals surface area contributed by atoms with E-state index in [1.165, 1.54) is 0 Å². The second-order valence-electron chi connectivity index (χ2n) is 11.8. The quantitative estimate of drug-likeness (QED) is 0.217. The van der Waals surface area contributed by atoms with Gasteiger partial charge >= 0.3 is 11.9 Å². The molecule has 1 aromatic heterocycles. The number of nitrogen functional groups attached to an aromatic ring is 2. The first-order valence-electron chi connectivity index (χ1n) is 13.4. The van der Waals surface area contributed by atoms with E-state index in [1.54, 1.807) is 65.8 Å². The van der Waals surface area contributed by atoms with Crippen molar-refractivity contribution in [2.75, 3.05) is 11.5 Å². The zero-order valence-corrected chi connectivity index (χ0v) is 24.5. The van der Waals surface area contributed by atoms with Crippen LogP contribution in [0.2, 0.25) is 0 Å². The first-order chi connectivity index (χ1) is 19.0. The Balaban J connectivity index is 2.15. The number of aromatic amines is 1. The van der Waals surface area contributed by atoms with Crippen molar-refractivity contribution in [3.8, 4) is 0 Å². The number of amides is 1. The Bertz CT molecular complexity index is 1290. The van der Waals surface area contributed by atoms with Gasteiger partial charge in [0.05, 0.1) is 5.56 Å². The van der Waals surface area contributed by atoms with E-state index >= 15 is 0 Å². The molecule has 0 saturated heterocycles. The third kappa shape index (κ3) is 11.1. The number of nitrogens with one attached hydrogen (secondary N) is 2. The number of carbonyl (C=O) groups excluding carboxylic acids is 4. The van der Waals surface area contributed by atoms with E-state index in [4.69, 9.17) is 20.9 Å². The van der Waals surface area contributed by atoms with Crippen LogP contribution in [-0.2, 0) is 30.3 Å². The molecule has 0 saturated carbocycles. The molecule has 2 rings (SSSR count). The van der Waals surface area contributed by atoms with Gasteiger partial charge in [0, 0.05) is 18.4 Å². The minimum Gasteiger partial charge on any atom is -0.460 e. The van der Waals surface area contributed by atoms with Gasteiger partial charge in [-0.2, -0.15) is 4.98 Å². The summed E-state index contributed by atoms with van der Waals surface area (Å²) in [6.07, 6.45) is 1.58. The Labute approximate surface area is 239 Å². The maximum Gasteiger partial charge on any atom is 0.329 e. The van der Waals surface area contributed by atoms with Crippen LogP contribution in [0.15, 0.2) is 29.1 Å². The van der Waals surface area contributed by atoms with Crippen molar-refractivity contribution in [2.24, 2.45) is 0 Å². The lowest BCUT2D eigenvalue weighted by Gasteiger charge is -2.25. The van der Waals surface area contributed by atoms with E-state index in [9.17, 15) is 24.0 Å².